The molecule has 1 aromatic carbocycles. The van der Waals surface area contributed by atoms with Crippen molar-refractivity contribution in [3.63, 3.8) is 0 Å². The highest BCUT2D eigenvalue weighted by molar-refractivity contribution is 7.17. The van der Waals surface area contributed by atoms with Crippen molar-refractivity contribution in [2.24, 2.45) is 5.73 Å². The fourth-order valence-corrected chi connectivity index (χ4v) is 4.10. The highest BCUT2D eigenvalue weighted by atomic mass is 32.1. The first-order chi connectivity index (χ1) is 10.6. The average Bonchev–Trinajstić information content (AvgIpc) is 2.85. The summed E-state index contributed by atoms with van der Waals surface area (Å²) in [7, 11) is 2.12. The molecule has 0 radical (unpaired) electrons. The van der Waals surface area contributed by atoms with E-state index in [9.17, 15) is 9.59 Å². The van der Waals surface area contributed by atoms with Crippen LogP contribution in [0.1, 0.15) is 31.2 Å². The molecule has 2 aromatic rings. The van der Waals surface area contributed by atoms with Gasteiger partial charge < -0.3 is 16.0 Å². The molecular formula is C16H18N3O2S+. The zero-order valence-corrected chi connectivity index (χ0v) is 13.1. The molecule has 4 N–H and O–H groups in total. The van der Waals surface area contributed by atoms with Gasteiger partial charge in [0.1, 0.15) is 11.5 Å². The van der Waals surface area contributed by atoms with Gasteiger partial charge >= 0.3 is 0 Å². The number of primary amides is 1. The number of fused-ring (bicyclic) bond motifs is 1. The van der Waals surface area contributed by atoms with Crippen LogP contribution in [0, 0.1) is 0 Å². The van der Waals surface area contributed by atoms with Crippen molar-refractivity contribution in [2.45, 2.75) is 13.0 Å². The van der Waals surface area contributed by atoms with E-state index in [2.05, 4.69) is 12.4 Å². The van der Waals surface area contributed by atoms with Crippen LogP contribution in [0.5, 0.6) is 0 Å². The molecule has 1 aliphatic heterocycles. The minimum atomic E-state index is -0.472. The summed E-state index contributed by atoms with van der Waals surface area (Å²) in [6.45, 7) is 1.83. The molecule has 0 fully saturated rings. The summed E-state index contributed by atoms with van der Waals surface area (Å²) in [4.78, 5) is 26.7. The van der Waals surface area contributed by atoms with Gasteiger partial charge in [0.25, 0.3) is 11.8 Å². The Morgan fingerprint density at radius 3 is 2.68 bits per heavy atom. The number of nitrogens with one attached hydrogen (secondary N) is 2. The van der Waals surface area contributed by atoms with Crippen molar-refractivity contribution in [3.8, 4) is 0 Å². The number of carbonyl (C=O) groups excluding carboxylic acids is 2. The molecular weight excluding hydrogens is 298 g/mol. The van der Waals surface area contributed by atoms with Crippen LogP contribution in [0.25, 0.3) is 0 Å². The molecule has 0 aliphatic carbocycles. The van der Waals surface area contributed by atoms with Crippen molar-refractivity contribution in [1.82, 2.24) is 0 Å². The SMILES string of the molecule is C[NH+]1CCc2c(sc(NC(=O)c3ccccc3)c2C(N)=O)C1. The average molecular weight is 316 g/mol. The molecule has 22 heavy (non-hydrogen) atoms. The third-order valence-electron chi connectivity index (χ3n) is 3.86. The molecule has 2 amide bonds. The second-order valence-corrected chi connectivity index (χ2v) is 6.63. The van der Waals surface area contributed by atoms with Crippen LogP contribution in [0.15, 0.2) is 30.3 Å². The standard InChI is InChI=1S/C16H17N3O2S/c1-19-8-7-11-12(9-19)22-16(13(11)14(17)20)18-15(21)10-5-3-2-4-6-10/h2-6H,7-9H2,1H3,(H2,17,20)(H,18,21)/p+1. The van der Waals surface area contributed by atoms with Gasteiger partial charge in [0.2, 0.25) is 0 Å². The summed E-state index contributed by atoms with van der Waals surface area (Å²) < 4.78 is 0. The molecule has 1 aliphatic rings. The van der Waals surface area contributed by atoms with Crippen molar-refractivity contribution < 1.29 is 14.5 Å². The minimum absolute atomic E-state index is 0.220. The van der Waals surface area contributed by atoms with Crippen LogP contribution in [0.4, 0.5) is 5.00 Å². The fraction of sp³-hybridized carbons (Fsp3) is 0.250. The minimum Gasteiger partial charge on any atom is -0.365 e. The Balaban J connectivity index is 1.94. The summed E-state index contributed by atoms with van der Waals surface area (Å²) in [5, 5.41) is 3.42. The molecule has 1 unspecified atom stereocenters. The number of quaternary nitrogens is 1. The third kappa shape index (κ3) is 2.75. The van der Waals surface area contributed by atoms with Gasteiger partial charge in [-0.25, -0.2) is 0 Å². The topological polar surface area (TPSA) is 76.6 Å². The Morgan fingerprint density at radius 2 is 2.00 bits per heavy atom. The molecule has 3 rings (SSSR count). The van der Waals surface area contributed by atoms with Crippen LogP contribution in [0.2, 0.25) is 0 Å². The molecule has 0 saturated carbocycles. The van der Waals surface area contributed by atoms with E-state index in [0.717, 1.165) is 30.0 Å². The summed E-state index contributed by atoms with van der Waals surface area (Å²) in [5.41, 5.74) is 7.59. The lowest BCUT2D eigenvalue weighted by Crippen LogP contribution is -3.08. The largest absolute Gasteiger partial charge is 0.365 e. The fourth-order valence-electron chi connectivity index (χ4n) is 2.73. The van der Waals surface area contributed by atoms with E-state index in [1.54, 1.807) is 12.1 Å². The number of rotatable bonds is 3. The number of amides is 2. The van der Waals surface area contributed by atoms with Crippen molar-refractivity contribution in [3.05, 3.63) is 51.9 Å². The normalized spacial score (nSPS) is 16.9. The molecule has 2 heterocycles. The number of hydrogen-bond acceptors (Lipinski definition) is 3. The number of likely N-dealkylation sites (N-methyl/N-ethyl adjacent to an activating group) is 1. The second-order valence-electron chi connectivity index (χ2n) is 5.53. The van der Waals surface area contributed by atoms with Gasteiger partial charge in [-0.3, -0.25) is 9.59 Å². The molecule has 6 heteroatoms. The Hall–Kier alpha value is -2.18. The van der Waals surface area contributed by atoms with Gasteiger partial charge in [-0.2, -0.15) is 0 Å². The van der Waals surface area contributed by atoms with Crippen LogP contribution in [0.3, 0.4) is 0 Å². The lowest BCUT2D eigenvalue weighted by Gasteiger charge is -2.19. The van der Waals surface area contributed by atoms with Gasteiger partial charge in [-0.15, -0.1) is 11.3 Å². The Kier molecular flexibility index (Phi) is 3.96. The molecule has 114 valence electrons. The van der Waals surface area contributed by atoms with Gasteiger partial charge in [0, 0.05) is 12.0 Å². The maximum absolute atomic E-state index is 12.3. The van der Waals surface area contributed by atoms with E-state index in [4.69, 9.17) is 5.73 Å². The van der Waals surface area contributed by atoms with E-state index in [1.165, 1.54) is 16.2 Å². The van der Waals surface area contributed by atoms with E-state index in [0.29, 0.717) is 16.1 Å². The Bertz CT molecular complexity index is 724. The monoisotopic (exact) mass is 316 g/mol. The van der Waals surface area contributed by atoms with Crippen LogP contribution in [-0.2, 0) is 13.0 Å². The second kappa shape index (κ2) is 5.90. The predicted molar refractivity (Wildman–Crippen MR) is 86.4 cm³/mol. The first-order valence-electron chi connectivity index (χ1n) is 7.18. The molecule has 1 atom stereocenters. The highest BCUT2D eigenvalue weighted by Crippen LogP contribution is 2.34. The first-order valence-corrected chi connectivity index (χ1v) is 8.00. The van der Waals surface area contributed by atoms with Crippen LogP contribution < -0.4 is 16.0 Å². The van der Waals surface area contributed by atoms with Gasteiger partial charge in [-0.05, 0) is 17.7 Å². The molecule has 0 spiro atoms. The van der Waals surface area contributed by atoms with Crippen molar-refractivity contribution in [2.75, 3.05) is 18.9 Å². The van der Waals surface area contributed by atoms with E-state index in [1.807, 2.05) is 18.2 Å². The highest BCUT2D eigenvalue weighted by Gasteiger charge is 2.28. The maximum atomic E-state index is 12.3. The van der Waals surface area contributed by atoms with Crippen LogP contribution in [-0.4, -0.2) is 25.4 Å². The first kappa shape index (κ1) is 14.7. The number of anilines is 1. The summed E-state index contributed by atoms with van der Waals surface area (Å²) >= 11 is 1.46. The smallest absolute Gasteiger partial charge is 0.256 e. The van der Waals surface area contributed by atoms with Crippen LogP contribution >= 0.6 is 11.3 Å². The zero-order chi connectivity index (χ0) is 15.7. The lowest BCUT2D eigenvalue weighted by atomic mass is 10.0. The Morgan fingerprint density at radius 1 is 1.27 bits per heavy atom. The molecule has 5 nitrogen and oxygen atoms in total. The molecule has 1 aromatic heterocycles. The van der Waals surface area contributed by atoms with Gasteiger partial charge in [0.15, 0.2) is 0 Å². The van der Waals surface area contributed by atoms with Crippen molar-refractivity contribution in [1.29, 1.82) is 0 Å². The number of nitrogens with two attached hydrogens (primary N) is 1. The lowest BCUT2D eigenvalue weighted by molar-refractivity contribution is -0.895. The maximum Gasteiger partial charge on any atom is 0.256 e. The quantitative estimate of drug-likeness (QED) is 0.778. The van der Waals surface area contributed by atoms with Crippen molar-refractivity contribution >= 4 is 28.2 Å². The number of carbonyl (C=O) groups is 2. The summed E-state index contributed by atoms with van der Waals surface area (Å²) in [6.07, 6.45) is 0.817. The van der Waals surface area contributed by atoms with E-state index in [-0.39, 0.29) is 5.91 Å². The number of benzene rings is 1. The Labute approximate surface area is 132 Å². The third-order valence-corrected chi connectivity index (χ3v) is 5.01. The van der Waals surface area contributed by atoms with Gasteiger partial charge in [-0.1, -0.05) is 18.2 Å². The zero-order valence-electron chi connectivity index (χ0n) is 12.3. The van der Waals surface area contributed by atoms with Gasteiger partial charge in [0.05, 0.1) is 24.0 Å². The predicted octanol–water partition coefficient (Wildman–Crippen LogP) is 0.670. The number of hydrogen-bond donors (Lipinski definition) is 3. The number of thiophene rings is 1. The summed E-state index contributed by atoms with van der Waals surface area (Å²) in [5.74, 6) is -0.692. The van der Waals surface area contributed by atoms with E-state index < -0.39 is 5.91 Å². The summed E-state index contributed by atoms with van der Waals surface area (Å²) in [6, 6.07) is 8.95. The molecule has 0 saturated heterocycles. The molecule has 0 bridgehead atoms. The van der Waals surface area contributed by atoms with E-state index >= 15 is 0 Å².